The van der Waals surface area contributed by atoms with Crippen molar-refractivity contribution in [1.29, 1.82) is 0 Å². The van der Waals surface area contributed by atoms with Gasteiger partial charge in [-0.15, -0.1) is 0 Å². The van der Waals surface area contributed by atoms with Crippen LogP contribution in [-0.4, -0.2) is 49.2 Å². The quantitative estimate of drug-likeness (QED) is 0.357. The lowest BCUT2D eigenvalue weighted by atomic mass is 9.95. The Morgan fingerprint density at radius 2 is 1.58 bits per heavy atom. The number of hydrogen-bond donors (Lipinski definition) is 1. The molecule has 0 aliphatic heterocycles. The molecule has 0 saturated heterocycles. The van der Waals surface area contributed by atoms with Gasteiger partial charge in [0.15, 0.2) is 11.5 Å². The normalized spacial score (nSPS) is 11.0. The van der Waals surface area contributed by atoms with Crippen molar-refractivity contribution < 1.29 is 23.7 Å². The number of H-pyrrole nitrogens is 1. The van der Waals surface area contributed by atoms with Crippen LogP contribution in [0.1, 0.15) is 10.5 Å². The summed E-state index contributed by atoms with van der Waals surface area (Å²) in [6, 6.07) is 15.9. The molecule has 0 fully saturated rings. The van der Waals surface area contributed by atoms with Crippen LogP contribution < -0.4 is 19.8 Å². The smallest absolute Gasteiger partial charge is 0.355 e. The summed E-state index contributed by atoms with van der Waals surface area (Å²) in [5, 5.41) is 8.76. The van der Waals surface area contributed by atoms with E-state index in [1.807, 2.05) is 6.07 Å². The largest absolute Gasteiger partial charge is 0.493 e. The van der Waals surface area contributed by atoms with E-state index >= 15 is 0 Å². The van der Waals surface area contributed by atoms with E-state index in [2.05, 4.69) is 10.2 Å². The van der Waals surface area contributed by atoms with E-state index in [4.69, 9.17) is 18.9 Å². The highest BCUT2D eigenvalue weighted by Gasteiger charge is 2.27. The molecule has 3 aromatic carbocycles. The Labute approximate surface area is 205 Å². The maximum atomic E-state index is 13.8. The van der Waals surface area contributed by atoms with Crippen molar-refractivity contribution in [3.63, 3.8) is 0 Å². The SMILES string of the molecule is COC(=O)c1c(-c2cc(OC)c(OC)c(OC)c2)c2ccccc2c(=O)n1-c1ccc2[nH]ncc2c1. The van der Waals surface area contributed by atoms with Crippen LogP contribution in [0.4, 0.5) is 0 Å². The minimum Gasteiger partial charge on any atom is -0.493 e. The molecule has 0 saturated carbocycles. The maximum Gasteiger partial charge on any atom is 0.355 e. The number of esters is 1. The number of fused-ring (bicyclic) bond motifs is 2. The van der Waals surface area contributed by atoms with Gasteiger partial charge >= 0.3 is 5.97 Å². The zero-order valence-electron chi connectivity index (χ0n) is 20.1. The van der Waals surface area contributed by atoms with Crippen LogP contribution >= 0.6 is 0 Å². The summed E-state index contributed by atoms with van der Waals surface area (Å²) in [6.45, 7) is 0. The first kappa shape index (κ1) is 23.0. The lowest BCUT2D eigenvalue weighted by Crippen LogP contribution is -2.26. The second-order valence-corrected chi connectivity index (χ2v) is 7.96. The van der Waals surface area contributed by atoms with E-state index in [1.54, 1.807) is 54.7 Å². The molecular formula is C27H23N3O6. The maximum absolute atomic E-state index is 13.8. The monoisotopic (exact) mass is 485 g/mol. The van der Waals surface area contributed by atoms with Crippen LogP contribution in [-0.2, 0) is 4.74 Å². The number of pyridine rings is 1. The fourth-order valence-electron chi connectivity index (χ4n) is 4.47. The molecule has 2 heterocycles. The summed E-state index contributed by atoms with van der Waals surface area (Å²) in [5.41, 5.74) is 2.08. The molecule has 9 nitrogen and oxygen atoms in total. The molecule has 9 heteroatoms. The molecule has 0 amide bonds. The minimum absolute atomic E-state index is 0.0679. The number of hydrogen-bond acceptors (Lipinski definition) is 7. The Kier molecular flexibility index (Phi) is 5.81. The van der Waals surface area contributed by atoms with Crippen molar-refractivity contribution in [3.05, 3.63) is 76.8 Å². The van der Waals surface area contributed by atoms with Crippen molar-refractivity contribution >= 4 is 27.6 Å². The highest BCUT2D eigenvalue weighted by Crippen LogP contribution is 2.43. The molecule has 182 valence electrons. The van der Waals surface area contributed by atoms with Gasteiger partial charge < -0.3 is 18.9 Å². The third-order valence-electron chi connectivity index (χ3n) is 6.10. The summed E-state index contributed by atoms with van der Waals surface area (Å²) >= 11 is 0. The molecule has 0 radical (unpaired) electrons. The van der Waals surface area contributed by atoms with Crippen LogP contribution in [0.15, 0.2) is 65.6 Å². The van der Waals surface area contributed by atoms with Gasteiger partial charge in [0.2, 0.25) is 5.75 Å². The highest BCUT2D eigenvalue weighted by atomic mass is 16.5. The van der Waals surface area contributed by atoms with Crippen LogP contribution in [0.5, 0.6) is 17.2 Å². The van der Waals surface area contributed by atoms with Crippen LogP contribution in [0.25, 0.3) is 38.5 Å². The fourth-order valence-corrected chi connectivity index (χ4v) is 4.47. The lowest BCUT2D eigenvalue weighted by Gasteiger charge is -2.20. The van der Waals surface area contributed by atoms with Gasteiger partial charge in [0.1, 0.15) is 5.69 Å². The predicted molar refractivity (Wildman–Crippen MR) is 136 cm³/mol. The zero-order valence-corrected chi connectivity index (χ0v) is 20.1. The summed E-state index contributed by atoms with van der Waals surface area (Å²) in [5.74, 6) is 0.550. The third kappa shape index (κ3) is 3.52. The number of aromatic nitrogens is 3. The number of aromatic amines is 1. The second kappa shape index (κ2) is 9.10. The fraction of sp³-hybridized carbons (Fsp3) is 0.148. The van der Waals surface area contributed by atoms with Crippen molar-refractivity contribution in [1.82, 2.24) is 14.8 Å². The van der Waals surface area contributed by atoms with E-state index < -0.39 is 5.97 Å². The highest BCUT2D eigenvalue weighted by molar-refractivity contribution is 6.07. The van der Waals surface area contributed by atoms with Gasteiger partial charge in [0.25, 0.3) is 5.56 Å². The molecule has 0 bridgehead atoms. The average Bonchev–Trinajstić information content (AvgIpc) is 3.39. The number of carbonyl (C=O) groups is 1. The van der Waals surface area contributed by atoms with E-state index in [9.17, 15) is 9.59 Å². The van der Waals surface area contributed by atoms with Crippen molar-refractivity contribution in [2.75, 3.05) is 28.4 Å². The van der Waals surface area contributed by atoms with Crippen LogP contribution in [0.2, 0.25) is 0 Å². The van der Waals surface area contributed by atoms with Crippen molar-refractivity contribution in [3.8, 4) is 34.1 Å². The molecule has 5 aromatic rings. The van der Waals surface area contributed by atoms with Gasteiger partial charge in [-0.2, -0.15) is 5.10 Å². The number of nitrogens with zero attached hydrogens (tertiary/aromatic N) is 2. The average molecular weight is 485 g/mol. The van der Waals surface area contributed by atoms with Gasteiger partial charge in [-0.1, -0.05) is 18.2 Å². The standard InChI is InChI=1S/C27H23N3O6/c1-33-21-12-15(13-22(34-2)25(21)35-3)23-18-7-5-6-8-19(18)26(31)30(24(23)27(32)36-4)17-9-10-20-16(11-17)14-28-29-20/h5-14H,1-4H3,(H,28,29). The molecule has 5 rings (SSSR count). The van der Waals surface area contributed by atoms with E-state index in [0.717, 1.165) is 10.9 Å². The Bertz CT molecular complexity index is 1660. The Morgan fingerprint density at radius 1 is 0.889 bits per heavy atom. The van der Waals surface area contributed by atoms with Crippen molar-refractivity contribution in [2.24, 2.45) is 0 Å². The third-order valence-corrected chi connectivity index (χ3v) is 6.10. The molecule has 0 aliphatic rings. The lowest BCUT2D eigenvalue weighted by molar-refractivity contribution is 0.0591. The van der Waals surface area contributed by atoms with E-state index in [0.29, 0.717) is 44.8 Å². The number of benzene rings is 3. The first-order valence-electron chi connectivity index (χ1n) is 11.0. The second-order valence-electron chi connectivity index (χ2n) is 7.96. The summed E-state index contributed by atoms with van der Waals surface area (Å²) in [4.78, 5) is 27.2. The molecule has 1 N–H and O–H groups in total. The minimum atomic E-state index is -0.672. The molecule has 0 unspecified atom stereocenters. The number of rotatable bonds is 6. The van der Waals surface area contributed by atoms with Crippen LogP contribution in [0.3, 0.4) is 0 Å². The van der Waals surface area contributed by atoms with Gasteiger partial charge in [-0.05, 0) is 47.3 Å². The van der Waals surface area contributed by atoms with Gasteiger partial charge in [0.05, 0.1) is 45.8 Å². The Hall–Kier alpha value is -4.79. The topological polar surface area (TPSA) is 105 Å². The molecule has 0 spiro atoms. The van der Waals surface area contributed by atoms with E-state index in [-0.39, 0.29) is 11.3 Å². The van der Waals surface area contributed by atoms with Gasteiger partial charge in [0, 0.05) is 16.3 Å². The Morgan fingerprint density at radius 3 is 2.22 bits per heavy atom. The first-order chi connectivity index (χ1) is 17.5. The number of methoxy groups -OCH3 is 4. The molecule has 0 aliphatic carbocycles. The zero-order chi connectivity index (χ0) is 25.4. The van der Waals surface area contributed by atoms with Gasteiger partial charge in [-0.3, -0.25) is 14.5 Å². The summed E-state index contributed by atoms with van der Waals surface area (Å²) in [6.07, 6.45) is 1.66. The van der Waals surface area contributed by atoms with Crippen LogP contribution in [0, 0.1) is 0 Å². The first-order valence-corrected chi connectivity index (χ1v) is 11.0. The number of nitrogens with one attached hydrogen (secondary N) is 1. The van der Waals surface area contributed by atoms with Crippen molar-refractivity contribution in [2.45, 2.75) is 0 Å². The predicted octanol–water partition coefficient (Wildman–Crippen LogP) is 4.35. The van der Waals surface area contributed by atoms with Gasteiger partial charge in [-0.25, -0.2) is 4.79 Å². The molecular weight excluding hydrogens is 462 g/mol. The number of ether oxygens (including phenoxy) is 4. The Balaban J connectivity index is 1.97. The summed E-state index contributed by atoms with van der Waals surface area (Å²) < 4.78 is 23.2. The summed E-state index contributed by atoms with van der Waals surface area (Å²) in [7, 11) is 5.83. The van der Waals surface area contributed by atoms with E-state index in [1.165, 1.54) is 33.0 Å². The molecule has 2 aromatic heterocycles. The molecule has 0 atom stereocenters. The molecule has 36 heavy (non-hydrogen) atoms. The number of carbonyl (C=O) groups excluding carboxylic acids is 1.